The zero-order chi connectivity index (χ0) is 18.4. The molecule has 0 bridgehead atoms. The highest BCUT2D eigenvalue weighted by Gasteiger charge is 2.27. The predicted molar refractivity (Wildman–Crippen MR) is 98.7 cm³/mol. The molecule has 1 aliphatic heterocycles. The Morgan fingerprint density at radius 3 is 2.44 bits per heavy atom. The average molecular weight is 349 g/mol. The molecule has 1 aromatic carbocycles. The number of para-hydroxylation sites is 1. The molecule has 0 radical (unpaired) electrons. The molecule has 140 valence electrons. The number of carbonyl (C=O) groups excluding carboxylic acids is 1. The number of carbonyl (C=O) groups is 1. The zero-order valence-corrected chi connectivity index (χ0v) is 15.7. The highest BCUT2D eigenvalue weighted by Crippen LogP contribution is 2.24. The Labute approximate surface area is 150 Å². The van der Waals surface area contributed by atoms with Crippen molar-refractivity contribution in [2.45, 2.75) is 39.0 Å². The number of amides is 1. The lowest BCUT2D eigenvalue weighted by Crippen LogP contribution is -2.54. The monoisotopic (exact) mass is 349 g/mol. The number of methoxy groups -OCH3 is 1. The molecule has 0 aliphatic carbocycles. The van der Waals surface area contributed by atoms with Crippen LogP contribution in [0.4, 0.5) is 0 Å². The third-order valence-corrected chi connectivity index (χ3v) is 4.82. The standard InChI is InChI=1S/C19H31N3O3/c1-14(23)13-21-9-11-22(12-10-21)16(3)19(24)20-15(2)17-7-5-6-8-18(17)25-4/h5-8,14-16,23H,9-13H2,1-4H3,(H,20,24)/t14-,15-,16-/m0/s1. The Morgan fingerprint density at radius 1 is 1.20 bits per heavy atom. The van der Waals surface area contributed by atoms with Gasteiger partial charge in [0.2, 0.25) is 5.91 Å². The fraction of sp³-hybridized carbons (Fsp3) is 0.632. The number of nitrogens with zero attached hydrogens (tertiary/aromatic N) is 2. The summed E-state index contributed by atoms with van der Waals surface area (Å²) in [6, 6.07) is 7.47. The minimum absolute atomic E-state index is 0.0300. The lowest BCUT2D eigenvalue weighted by molar-refractivity contribution is -0.127. The molecule has 1 aliphatic rings. The highest BCUT2D eigenvalue weighted by molar-refractivity contribution is 5.81. The first-order valence-corrected chi connectivity index (χ1v) is 9.00. The van der Waals surface area contributed by atoms with Crippen LogP contribution in [0.15, 0.2) is 24.3 Å². The van der Waals surface area contributed by atoms with Gasteiger partial charge in [0.05, 0.1) is 25.3 Å². The summed E-state index contributed by atoms with van der Waals surface area (Å²) in [5.41, 5.74) is 0.979. The molecule has 2 rings (SSSR count). The van der Waals surface area contributed by atoms with Crippen LogP contribution in [0, 0.1) is 0 Å². The van der Waals surface area contributed by atoms with E-state index in [1.54, 1.807) is 7.11 Å². The number of piperazine rings is 1. The lowest BCUT2D eigenvalue weighted by Gasteiger charge is -2.38. The molecular formula is C19H31N3O3. The zero-order valence-electron chi connectivity index (χ0n) is 15.7. The van der Waals surface area contributed by atoms with Gasteiger partial charge >= 0.3 is 0 Å². The van der Waals surface area contributed by atoms with E-state index in [9.17, 15) is 9.90 Å². The second kappa shape index (κ2) is 9.17. The summed E-state index contributed by atoms with van der Waals surface area (Å²) < 4.78 is 5.38. The smallest absolute Gasteiger partial charge is 0.237 e. The second-order valence-corrected chi connectivity index (χ2v) is 6.83. The van der Waals surface area contributed by atoms with Crippen LogP contribution in [-0.2, 0) is 4.79 Å². The molecule has 1 fully saturated rings. The largest absolute Gasteiger partial charge is 0.496 e. The molecule has 0 aromatic heterocycles. The summed E-state index contributed by atoms with van der Waals surface area (Å²) in [6.07, 6.45) is -0.311. The predicted octanol–water partition coefficient (Wildman–Crippen LogP) is 1.26. The van der Waals surface area contributed by atoms with Crippen LogP contribution in [0.2, 0.25) is 0 Å². The average Bonchev–Trinajstić information content (AvgIpc) is 2.61. The van der Waals surface area contributed by atoms with Gasteiger partial charge in [-0.25, -0.2) is 0 Å². The van der Waals surface area contributed by atoms with E-state index >= 15 is 0 Å². The van der Waals surface area contributed by atoms with Crippen molar-refractivity contribution in [3.8, 4) is 5.75 Å². The SMILES string of the molecule is COc1ccccc1[C@H](C)NC(=O)[C@H](C)N1CCN(C[C@H](C)O)CC1. The van der Waals surface area contributed by atoms with E-state index in [1.807, 2.05) is 45.0 Å². The topological polar surface area (TPSA) is 65.0 Å². The minimum Gasteiger partial charge on any atom is -0.496 e. The van der Waals surface area contributed by atoms with Crippen LogP contribution in [0.25, 0.3) is 0 Å². The molecular weight excluding hydrogens is 318 g/mol. The van der Waals surface area contributed by atoms with E-state index in [0.717, 1.165) is 37.5 Å². The fourth-order valence-corrected chi connectivity index (χ4v) is 3.31. The molecule has 0 spiro atoms. The summed E-state index contributed by atoms with van der Waals surface area (Å²) in [5.74, 6) is 0.817. The first kappa shape index (κ1) is 19.7. The van der Waals surface area contributed by atoms with Crippen molar-refractivity contribution < 1.29 is 14.6 Å². The Bertz CT molecular complexity index is 557. The third kappa shape index (κ3) is 5.42. The van der Waals surface area contributed by atoms with Gasteiger partial charge in [0.15, 0.2) is 0 Å². The third-order valence-electron chi connectivity index (χ3n) is 4.82. The van der Waals surface area contributed by atoms with Crippen molar-refractivity contribution >= 4 is 5.91 Å². The number of hydrogen-bond acceptors (Lipinski definition) is 5. The van der Waals surface area contributed by atoms with Crippen molar-refractivity contribution in [1.82, 2.24) is 15.1 Å². The summed E-state index contributed by atoms with van der Waals surface area (Å²) in [4.78, 5) is 17.1. The van der Waals surface area contributed by atoms with Gasteiger partial charge in [0.25, 0.3) is 0 Å². The summed E-state index contributed by atoms with van der Waals surface area (Å²) in [7, 11) is 1.64. The number of aliphatic hydroxyl groups excluding tert-OH is 1. The Hall–Kier alpha value is -1.63. The summed E-state index contributed by atoms with van der Waals surface area (Å²) >= 11 is 0. The highest BCUT2D eigenvalue weighted by atomic mass is 16.5. The van der Waals surface area contributed by atoms with E-state index in [2.05, 4.69) is 15.1 Å². The van der Waals surface area contributed by atoms with Crippen LogP contribution in [0.3, 0.4) is 0 Å². The number of β-amino-alcohol motifs (C(OH)–C–C–N with tert-alkyl or cyclic N) is 1. The molecule has 2 N–H and O–H groups in total. The molecule has 1 saturated heterocycles. The molecule has 1 aromatic rings. The van der Waals surface area contributed by atoms with Gasteiger partial charge in [-0.15, -0.1) is 0 Å². The van der Waals surface area contributed by atoms with Crippen molar-refractivity contribution in [3.63, 3.8) is 0 Å². The molecule has 3 atom stereocenters. The molecule has 0 unspecified atom stereocenters. The van der Waals surface area contributed by atoms with Crippen molar-refractivity contribution in [1.29, 1.82) is 0 Å². The van der Waals surface area contributed by atoms with Gasteiger partial charge in [-0.05, 0) is 26.8 Å². The van der Waals surface area contributed by atoms with E-state index in [-0.39, 0.29) is 24.1 Å². The van der Waals surface area contributed by atoms with Crippen LogP contribution in [0.5, 0.6) is 5.75 Å². The number of aliphatic hydroxyl groups is 1. The van der Waals surface area contributed by atoms with Crippen LogP contribution in [-0.4, -0.2) is 72.8 Å². The lowest BCUT2D eigenvalue weighted by atomic mass is 10.1. The molecule has 6 heteroatoms. The first-order chi connectivity index (χ1) is 11.9. The number of hydrogen-bond donors (Lipinski definition) is 2. The van der Waals surface area contributed by atoms with Crippen molar-refractivity contribution in [3.05, 3.63) is 29.8 Å². The van der Waals surface area contributed by atoms with E-state index in [1.165, 1.54) is 0 Å². The van der Waals surface area contributed by atoms with Gasteiger partial charge < -0.3 is 15.2 Å². The summed E-state index contributed by atoms with van der Waals surface area (Å²) in [5, 5.41) is 12.6. The summed E-state index contributed by atoms with van der Waals surface area (Å²) in [6.45, 7) is 9.86. The minimum atomic E-state index is -0.311. The Morgan fingerprint density at radius 2 is 1.84 bits per heavy atom. The number of ether oxygens (including phenoxy) is 1. The number of nitrogens with one attached hydrogen (secondary N) is 1. The maximum absolute atomic E-state index is 12.6. The van der Waals surface area contributed by atoms with Gasteiger partial charge in [-0.1, -0.05) is 18.2 Å². The van der Waals surface area contributed by atoms with Crippen molar-refractivity contribution in [2.75, 3.05) is 39.8 Å². The molecule has 25 heavy (non-hydrogen) atoms. The van der Waals surface area contributed by atoms with Gasteiger partial charge in [-0.3, -0.25) is 14.6 Å². The molecule has 1 heterocycles. The number of rotatable bonds is 7. The Balaban J connectivity index is 1.88. The normalized spacial score (nSPS) is 19.9. The molecule has 1 amide bonds. The fourth-order valence-electron chi connectivity index (χ4n) is 3.31. The quantitative estimate of drug-likeness (QED) is 0.776. The van der Waals surface area contributed by atoms with Crippen LogP contribution < -0.4 is 10.1 Å². The van der Waals surface area contributed by atoms with Gasteiger partial charge in [0, 0.05) is 38.3 Å². The van der Waals surface area contributed by atoms with E-state index in [4.69, 9.17) is 4.74 Å². The number of benzene rings is 1. The maximum Gasteiger partial charge on any atom is 0.237 e. The van der Waals surface area contributed by atoms with Crippen LogP contribution >= 0.6 is 0 Å². The van der Waals surface area contributed by atoms with Gasteiger partial charge in [-0.2, -0.15) is 0 Å². The van der Waals surface area contributed by atoms with E-state index in [0.29, 0.717) is 6.54 Å². The second-order valence-electron chi connectivity index (χ2n) is 6.83. The van der Waals surface area contributed by atoms with Crippen LogP contribution in [0.1, 0.15) is 32.4 Å². The van der Waals surface area contributed by atoms with E-state index < -0.39 is 0 Å². The maximum atomic E-state index is 12.6. The Kier molecular flexibility index (Phi) is 7.23. The molecule has 0 saturated carbocycles. The first-order valence-electron chi connectivity index (χ1n) is 9.00. The molecule has 6 nitrogen and oxygen atoms in total. The van der Waals surface area contributed by atoms with Gasteiger partial charge in [0.1, 0.15) is 5.75 Å². The van der Waals surface area contributed by atoms with Crippen molar-refractivity contribution in [2.24, 2.45) is 0 Å².